The molecule has 0 saturated carbocycles. The van der Waals surface area contributed by atoms with Gasteiger partial charge in [0.25, 0.3) is 6.48 Å². The van der Waals surface area contributed by atoms with Crippen molar-refractivity contribution in [2.45, 2.75) is 18.9 Å². The lowest BCUT2D eigenvalue weighted by atomic mass is 10.2. The molecule has 0 aromatic heterocycles. The van der Waals surface area contributed by atoms with Gasteiger partial charge in [0.05, 0.1) is 0 Å². The molecular weight excluding hydrogens is 203 g/mol. The Morgan fingerprint density at radius 2 is 2.21 bits per heavy atom. The Hall–Kier alpha value is -0.753. The van der Waals surface area contributed by atoms with E-state index in [4.69, 9.17) is 10.2 Å². The summed E-state index contributed by atoms with van der Waals surface area (Å²) in [6, 6.07) is 6.97. The summed E-state index contributed by atoms with van der Waals surface area (Å²) in [5.74, 6) is -0.256. The van der Waals surface area contributed by atoms with Crippen LogP contribution in [-0.2, 0) is 10.8 Å². The molecule has 76 valence electrons. The predicted octanol–water partition coefficient (Wildman–Crippen LogP) is 0.691. The van der Waals surface area contributed by atoms with Crippen LogP contribution in [0, 0.1) is 5.82 Å². The van der Waals surface area contributed by atoms with Crippen molar-refractivity contribution < 1.29 is 19.0 Å². The van der Waals surface area contributed by atoms with Crippen LogP contribution in [0.1, 0.15) is 5.56 Å². The molecule has 0 heterocycles. The predicted molar refractivity (Wildman–Crippen MR) is 50.0 cm³/mol. The molecular formula is C9H11FO3Si. The first-order chi connectivity index (χ1) is 6.68. The van der Waals surface area contributed by atoms with Crippen molar-refractivity contribution in [2.24, 2.45) is 0 Å². The van der Waals surface area contributed by atoms with Gasteiger partial charge in [0.2, 0.25) is 9.76 Å². The molecule has 0 atom stereocenters. The molecule has 2 radical (unpaired) electrons. The summed E-state index contributed by atoms with van der Waals surface area (Å²) in [6.07, 6.45) is 0.670. The SMILES string of the molecule is OC(O)O[Si]CCc1cccc(F)c1. The number of aliphatic hydroxyl groups excluding tert-OH is 1. The third-order valence-corrected chi connectivity index (χ3v) is 2.43. The van der Waals surface area contributed by atoms with E-state index in [1.807, 2.05) is 6.07 Å². The highest BCUT2D eigenvalue weighted by atomic mass is 28.2. The van der Waals surface area contributed by atoms with E-state index in [2.05, 4.69) is 4.43 Å². The molecule has 5 heteroatoms. The quantitative estimate of drug-likeness (QED) is 0.431. The average Bonchev–Trinajstić information content (AvgIpc) is 2.12. The Bertz CT molecular complexity index is 281. The van der Waals surface area contributed by atoms with Gasteiger partial charge in [0.15, 0.2) is 0 Å². The molecule has 0 fully saturated rings. The number of aliphatic hydroxyl groups is 2. The summed E-state index contributed by atoms with van der Waals surface area (Å²) < 4.78 is 17.2. The maximum atomic E-state index is 12.7. The second-order valence-electron chi connectivity index (χ2n) is 2.72. The van der Waals surface area contributed by atoms with Crippen molar-refractivity contribution in [3.05, 3.63) is 35.6 Å². The van der Waals surface area contributed by atoms with E-state index in [0.717, 1.165) is 5.56 Å². The Morgan fingerprint density at radius 1 is 1.43 bits per heavy atom. The van der Waals surface area contributed by atoms with Crippen LogP contribution in [0.25, 0.3) is 0 Å². The largest absolute Gasteiger partial charge is 0.372 e. The fourth-order valence-corrected chi connectivity index (χ4v) is 1.68. The lowest BCUT2D eigenvalue weighted by Gasteiger charge is -2.03. The van der Waals surface area contributed by atoms with Gasteiger partial charge in [-0.05, 0) is 30.2 Å². The third kappa shape index (κ3) is 4.47. The molecule has 0 saturated heterocycles. The van der Waals surface area contributed by atoms with Gasteiger partial charge >= 0.3 is 0 Å². The van der Waals surface area contributed by atoms with Crippen LogP contribution in [-0.4, -0.2) is 26.5 Å². The second-order valence-corrected chi connectivity index (χ2v) is 3.74. The number of halogens is 1. The average molecular weight is 214 g/mol. The molecule has 1 rings (SSSR count). The van der Waals surface area contributed by atoms with Gasteiger partial charge in [-0.1, -0.05) is 12.1 Å². The fraction of sp³-hybridized carbons (Fsp3) is 0.333. The van der Waals surface area contributed by atoms with Crippen LogP contribution in [0.2, 0.25) is 6.04 Å². The number of hydrogen-bond acceptors (Lipinski definition) is 3. The molecule has 0 amide bonds. The fourth-order valence-electron chi connectivity index (χ4n) is 1.02. The summed E-state index contributed by atoms with van der Waals surface area (Å²) in [6.45, 7) is -1.71. The van der Waals surface area contributed by atoms with Crippen LogP contribution in [0.3, 0.4) is 0 Å². The minimum Gasteiger partial charge on any atom is -0.372 e. The van der Waals surface area contributed by atoms with Crippen LogP contribution >= 0.6 is 0 Å². The number of aryl methyl sites for hydroxylation is 1. The van der Waals surface area contributed by atoms with Gasteiger partial charge < -0.3 is 14.6 Å². The topological polar surface area (TPSA) is 49.7 Å². The summed E-state index contributed by atoms with van der Waals surface area (Å²) in [5, 5.41) is 16.7. The highest BCUT2D eigenvalue weighted by Crippen LogP contribution is 2.06. The monoisotopic (exact) mass is 214 g/mol. The summed E-state index contributed by atoms with van der Waals surface area (Å²) in [4.78, 5) is 0. The molecule has 0 aliphatic carbocycles. The van der Waals surface area contributed by atoms with Crippen molar-refractivity contribution in [3.63, 3.8) is 0 Å². The first kappa shape index (κ1) is 11.3. The molecule has 0 bridgehead atoms. The first-order valence-electron chi connectivity index (χ1n) is 4.17. The van der Waals surface area contributed by atoms with Crippen molar-refractivity contribution in [1.82, 2.24) is 0 Å². The van der Waals surface area contributed by atoms with Crippen LogP contribution in [0.4, 0.5) is 4.39 Å². The summed E-state index contributed by atoms with van der Waals surface area (Å²) in [7, 11) is 0.0124. The molecule has 2 N–H and O–H groups in total. The van der Waals surface area contributed by atoms with E-state index in [-0.39, 0.29) is 15.6 Å². The molecule has 0 spiro atoms. The lowest BCUT2D eigenvalue weighted by Crippen LogP contribution is -2.13. The molecule has 0 unspecified atom stereocenters. The van der Waals surface area contributed by atoms with E-state index < -0.39 is 6.48 Å². The van der Waals surface area contributed by atoms with Crippen LogP contribution in [0.5, 0.6) is 0 Å². The minimum atomic E-state index is -1.71. The molecule has 14 heavy (non-hydrogen) atoms. The van der Waals surface area contributed by atoms with E-state index >= 15 is 0 Å². The molecule has 1 aromatic rings. The Labute approximate surface area is 84.1 Å². The maximum absolute atomic E-state index is 12.7. The number of benzene rings is 1. The maximum Gasteiger partial charge on any atom is 0.256 e. The van der Waals surface area contributed by atoms with E-state index in [1.165, 1.54) is 12.1 Å². The van der Waals surface area contributed by atoms with Gasteiger partial charge in [-0.3, -0.25) is 0 Å². The zero-order valence-corrected chi connectivity index (χ0v) is 8.48. The Balaban J connectivity index is 2.25. The zero-order chi connectivity index (χ0) is 10.4. The van der Waals surface area contributed by atoms with Crippen LogP contribution < -0.4 is 0 Å². The zero-order valence-electron chi connectivity index (χ0n) is 7.48. The molecule has 0 aliphatic heterocycles. The Kier molecular flexibility index (Phi) is 4.75. The summed E-state index contributed by atoms with van der Waals surface area (Å²) in [5.41, 5.74) is 0.883. The summed E-state index contributed by atoms with van der Waals surface area (Å²) >= 11 is 0. The second kappa shape index (κ2) is 5.87. The number of hydrogen-bond donors (Lipinski definition) is 2. The van der Waals surface area contributed by atoms with E-state index in [1.54, 1.807) is 6.07 Å². The molecule has 0 aliphatic rings. The highest BCUT2D eigenvalue weighted by Gasteiger charge is 2.00. The minimum absolute atomic E-state index is 0.0124. The van der Waals surface area contributed by atoms with Crippen molar-refractivity contribution in [3.8, 4) is 0 Å². The van der Waals surface area contributed by atoms with Gasteiger partial charge in [0.1, 0.15) is 5.82 Å². The molecule has 3 nitrogen and oxygen atoms in total. The van der Waals surface area contributed by atoms with Gasteiger partial charge in [-0.15, -0.1) is 0 Å². The lowest BCUT2D eigenvalue weighted by molar-refractivity contribution is -0.180. The standard InChI is InChI=1S/C9H11FO3Si/c10-8-3-1-2-7(6-8)4-5-14-13-9(11)12/h1-3,6,9,11-12H,4-5H2. The van der Waals surface area contributed by atoms with E-state index in [0.29, 0.717) is 12.5 Å². The normalized spacial score (nSPS) is 10.9. The van der Waals surface area contributed by atoms with Crippen molar-refractivity contribution >= 4 is 9.76 Å². The Morgan fingerprint density at radius 3 is 2.86 bits per heavy atom. The molecule has 1 aromatic carbocycles. The number of rotatable bonds is 5. The van der Waals surface area contributed by atoms with Crippen molar-refractivity contribution in [1.29, 1.82) is 0 Å². The van der Waals surface area contributed by atoms with Gasteiger partial charge in [-0.25, -0.2) is 4.39 Å². The van der Waals surface area contributed by atoms with Gasteiger partial charge in [-0.2, -0.15) is 0 Å². The third-order valence-electron chi connectivity index (χ3n) is 1.59. The van der Waals surface area contributed by atoms with E-state index in [9.17, 15) is 4.39 Å². The first-order valence-corrected chi connectivity index (χ1v) is 5.29. The van der Waals surface area contributed by atoms with Gasteiger partial charge in [0, 0.05) is 0 Å². The highest BCUT2D eigenvalue weighted by molar-refractivity contribution is 6.27. The van der Waals surface area contributed by atoms with Crippen molar-refractivity contribution in [2.75, 3.05) is 0 Å². The van der Waals surface area contributed by atoms with Crippen LogP contribution in [0.15, 0.2) is 24.3 Å². The smallest absolute Gasteiger partial charge is 0.256 e.